The van der Waals surface area contributed by atoms with Gasteiger partial charge in [0.1, 0.15) is 0 Å². The number of aromatic hydroxyl groups is 1. The van der Waals surface area contributed by atoms with E-state index in [0.29, 0.717) is 5.02 Å². The summed E-state index contributed by atoms with van der Waals surface area (Å²) in [4.78, 5) is 11.0. The maximum Gasteiger partial charge on any atom is 0.230 e. The van der Waals surface area contributed by atoms with E-state index in [2.05, 4.69) is 26.8 Å². The number of halogens is 1. The zero-order valence-electron chi connectivity index (χ0n) is 15.6. The highest BCUT2D eigenvalue weighted by Crippen LogP contribution is 2.40. The van der Waals surface area contributed by atoms with Crippen LogP contribution < -0.4 is 0 Å². The highest BCUT2D eigenvalue weighted by Gasteiger charge is 2.31. The molecule has 0 aliphatic carbocycles. The van der Waals surface area contributed by atoms with E-state index in [0.717, 1.165) is 60.4 Å². The lowest BCUT2D eigenvalue weighted by Crippen LogP contribution is -2.47. The van der Waals surface area contributed by atoms with E-state index in [9.17, 15) is 5.11 Å². The van der Waals surface area contributed by atoms with Gasteiger partial charge in [0, 0.05) is 37.6 Å². The maximum atomic E-state index is 10.9. The Morgan fingerprint density at radius 2 is 1.85 bits per heavy atom. The van der Waals surface area contributed by atoms with E-state index >= 15 is 0 Å². The van der Waals surface area contributed by atoms with Gasteiger partial charge >= 0.3 is 0 Å². The second-order valence-corrected chi connectivity index (χ2v) is 8.24. The summed E-state index contributed by atoms with van der Waals surface area (Å²) < 4.78 is 1.57. The van der Waals surface area contributed by atoms with Crippen molar-refractivity contribution >= 4 is 27.9 Å². The number of fused-ring (bicyclic) bond motifs is 1. The van der Waals surface area contributed by atoms with Crippen molar-refractivity contribution in [3.8, 4) is 5.88 Å². The van der Waals surface area contributed by atoms with Crippen molar-refractivity contribution in [1.29, 1.82) is 0 Å². The molecule has 1 atom stereocenters. The number of rotatable bonds is 5. The fourth-order valence-corrected chi connectivity index (χ4v) is 4.89. The van der Waals surface area contributed by atoms with Crippen LogP contribution in [0.3, 0.4) is 0 Å². The highest BCUT2D eigenvalue weighted by atomic mass is 35.5. The zero-order valence-corrected chi connectivity index (χ0v) is 17.2. The van der Waals surface area contributed by atoms with Gasteiger partial charge in [-0.15, -0.1) is 5.10 Å². The molecule has 1 aliphatic heterocycles. The van der Waals surface area contributed by atoms with Crippen LogP contribution in [0.2, 0.25) is 5.02 Å². The molecular formula is C19H24ClN5OS. The van der Waals surface area contributed by atoms with Crippen molar-refractivity contribution in [1.82, 2.24) is 24.4 Å². The normalized spacial score (nSPS) is 17.6. The van der Waals surface area contributed by atoms with Crippen molar-refractivity contribution in [3.05, 3.63) is 45.6 Å². The Kier molecular flexibility index (Phi) is 5.36. The van der Waals surface area contributed by atoms with Gasteiger partial charge in [-0.25, -0.2) is 4.98 Å². The van der Waals surface area contributed by atoms with Gasteiger partial charge in [0.25, 0.3) is 0 Å². The molecule has 1 aromatic carbocycles. The average molecular weight is 406 g/mol. The van der Waals surface area contributed by atoms with Crippen molar-refractivity contribution < 1.29 is 5.11 Å². The number of hydrogen-bond acceptors (Lipinski definition) is 6. The number of thiazole rings is 1. The van der Waals surface area contributed by atoms with Gasteiger partial charge in [-0.3, -0.25) is 4.90 Å². The van der Waals surface area contributed by atoms with Crippen molar-refractivity contribution in [3.63, 3.8) is 0 Å². The van der Waals surface area contributed by atoms with E-state index in [1.165, 1.54) is 11.3 Å². The molecule has 0 bridgehead atoms. The molecule has 0 amide bonds. The average Bonchev–Trinajstić information content (AvgIpc) is 3.23. The van der Waals surface area contributed by atoms with Crippen LogP contribution >= 0.6 is 22.9 Å². The Labute approximate surface area is 168 Å². The molecule has 0 saturated carbocycles. The molecule has 0 unspecified atom stereocenters. The smallest absolute Gasteiger partial charge is 0.230 e. The van der Waals surface area contributed by atoms with E-state index < -0.39 is 0 Å². The summed E-state index contributed by atoms with van der Waals surface area (Å²) in [6, 6.07) is 7.89. The molecule has 0 spiro atoms. The minimum absolute atomic E-state index is 0.0279. The highest BCUT2D eigenvalue weighted by molar-refractivity contribution is 7.17. The van der Waals surface area contributed by atoms with E-state index in [1.54, 1.807) is 4.52 Å². The Balaban J connectivity index is 1.74. The Morgan fingerprint density at radius 1 is 1.15 bits per heavy atom. The summed E-state index contributed by atoms with van der Waals surface area (Å²) in [6.07, 6.45) is 0.753. The SMILES string of the molecule is CCc1nc2sc([C@@H](c3ccc(Cl)cc3)N3CCN(CC)CC3)c(O)n2n1. The third kappa shape index (κ3) is 3.57. The van der Waals surface area contributed by atoms with Gasteiger partial charge in [0.15, 0.2) is 5.82 Å². The first-order valence-corrected chi connectivity index (χ1v) is 10.6. The van der Waals surface area contributed by atoms with Crippen molar-refractivity contribution in [2.45, 2.75) is 26.3 Å². The molecule has 27 heavy (non-hydrogen) atoms. The molecule has 2 aromatic heterocycles. The van der Waals surface area contributed by atoms with Crippen LogP contribution in [0.1, 0.15) is 36.2 Å². The van der Waals surface area contributed by atoms with Gasteiger partial charge < -0.3 is 10.0 Å². The van der Waals surface area contributed by atoms with Gasteiger partial charge in [-0.1, -0.05) is 48.9 Å². The zero-order chi connectivity index (χ0) is 19.0. The fourth-order valence-electron chi connectivity index (χ4n) is 3.63. The van der Waals surface area contributed by atoms with Crippen LogP contribution in [0.5, 0.6) is 5.88 Å². The minimum atomic E-state index is -0.0279. The van der Waals surface area contributed by atoms with Gasteiger partial charge in [-0.05, 0) is 24.2 Å². The van der Waals surface area contributed by atoms with Crippen molar-refractivity contribution in [2.24, 2.45) is 0 Å². The lowest BCUT2D eigenvalue weighted by atomic mass is 10.0. The number of nitrogens with zero attached hydrogens (tertiary/aromatic N) is 5. The summed E-state index contributed by atoms with van der Waals surface area (Å²) in [5.41, 5.74) is 1.12. The van der Waals surface area contributed by atoms with Crippen LogP contribution in [0.15, 0.2) is 24.3 Å². The second kappa shape index (κ2) is 7.75. The lowest BCUT2D eigenvalue weighted by molar-refractivity contribution is 0.113. The Hall–Kier alpha value is -1.67. The minimum Gasteiger partial charge on any atom is -0.492 e. The first-order valence-electron chi connectivity index (χ1n) is 9.39. The summed E-state index contributed by atoms with van der Waals surface area (Å²) in [7, 11) is 0. The number of aryl methyl sites for hydroxylation is 1. The van der Waals surface area contributed by atoms with Crippen LogP contribution in [0.25, 0.3) is 4.96 Å². The Bertz CT molecular complexity index is 914. The maximum absolute atomic E-state index is 10.9. The molecule has 8 heteroatoms. The summed E-state index contributed by atoms with van der Waals surface area (Å²) >= 11 is 7.62. The summed E-state index contributed by atoms with van der Waals surface area (Å²) in [6.45, 7) is 9.25. The molecule has 3 heterocycles. The quantitative estimate of drug-likeness (QED) is 0.704. The first kappa shape index (κ1) is 18.7. The second-order valence-electron chi connectivity index (χ2n) is 6.79. The summed E-state index contributed by atoms with van der Waals surface area (Å²) in [5, 5.41) is 16.1. The monoisotopic (exact) mass is 405 g/mol. The first-order chi connectivity index (χ1) is 13.1. The van der Waals surface area contributed by atoms with Crippen LogP contribution in [-0.4, -0.2) is 62.2 Å². The van der Waals surface area contributed by atoms with E-state index in [1.807, 2.05) is 31.2 Å². The molecule has 3 aromatic rings. The number of hydrogen-bond donors (Lipinski definition) is 1. The summed E-state index contributed by atoms with van der Waals surface area (Å²) in [5.74, 6) is 0.947. The van der Waals surface area contributed by atoms with Gasteiger partial charge in [0.2, 0.25) is 10.8 Å². The molecule has 1 saturated heterocycles. The third-order valence-electron chi connectivity index (χ3n) is 5.21. The molecule has 4 rings (SSSR count). The fraction of sp³-hybridized carbons (Fsp3) is 0.474. The predicted molar refractivity (Wildman–Crippen MR) is 109 cm³/mol. The molecule has 6 nitrogen and oxygen atoms in total. The van der Waals surface area contributed by atoms with Crippen molar-refractivity contribution in [2.75, 3.05) is 32.7 Å². The predicted octanol–water partition coefficient (Wildman–Crippen LogP) is 3.44. The molecule has 1 fully saturated rings. The topological polar surface area (TPSA) is 56.9 Å². The van der Waals surface area contributed by atoms with Gasteiger partial charge in [-0.2, -0.15) is 4.52 Å². The van der Waals surface area contributed by atoms with E-state index in [4.69, 9.17) is 11.6 Å². The van der Waals surface area contributed by atoms with Crippen LogP contribution in [0.4, 0.5) is 0 Å². The van der Waals surface area contributed by atoms with Crippen LogP contribution in [-0.2, 0) is 6.42 Å². The molecule has 0 radical (unpaired) electrons. The molecule has 1 aliphatic rings. The standard InChI is InChI=1S/C19H24ClN5OS/c1-3-15-21-19-25(22-15)18(26)17(27-19)16(13-5-7-14(20)8-6-13)24-11-9-23(4-2)10-12-24/h5-8,16,26H,3-4,9-12H2,1-2H3/t16-/m1/s1. The number of aromatic nitrogens is 3. The van der Waals surface area contributed by atoms with Crippen LogP contribution in [0, 0.1) is 0 Å². The lowest BCUT2D eigenvalue weighted by Gasteiger charge is -2.38. The number of benzene rings is 1. The van der Waals surface area contributed by atoms with Gasteiger partial charge in [0.05, 0.1) is 10.9 Å². The number of likely N-dealkylation sites (N-methyl/N-ethyl adjacent to an activating group) is 1. The largest absolute Gasteiger partial charge is 0.492 e. The third-order valence-corrected chi connectivity index (χ3v) is 6.54. The molecular weight excluding hydrogens is 382 g/mol. The Morgan fingerprint density at radius 3 is 2.44 bits per heavy atom. The van der Waals surface area contributed by atoms with E-state index in [-0.39, 0.29) is 11.9 Å². The molecule has 144 valence electrons. The molecule has 1 N–H and O–H groups in total. The number of piperazine rings is 1.